The van der Waals surface area contributed by atoms with E-state index in [0.29, 0.717) is 0 Å². The Morgan fingerprint density at radius 3 is 2.85 bits per heavy atom. The summed E-state index contributed by atoms with van der Waals surface area (Å²) < 4.78 is 17.9. The van der Waals surface area contributed by atoms with Gasteiger partial charge in [0.2, 0.25) is 0 Å². The van der Waals surface area contributed by atoms with Gasteiger partial charge in [-0.15, -0.1) is 0 Å². The summed E-state index contributed by atoms with van der Waals surface area (Å²) in [5.74, 6) is -1.92. The quantitative estimate of drug-likeness (QED) is 0.669. The first-order chi connectivity index (χ1) is 6.15. The third-order valence-electron chi connectivity index (χ3n) is 1.60. The van der Waals surface area contributed by atoms with Gasteiger partial charge in [-0.2, -0.15) is 0 Å². The van der Waals surface area contributed by atoms with Gasteiger partial charge in [0.05, 0.1) is 7.11 Å². The number of rotatable bonds is 3. The second-order valence-corrected chi connectivity index (χ2v) is 2.48. The van der Waals surface area contributed by atoms with Gasteiger partial charge in [0, 0.05) is 12.4 Å². The van der Waals surface area contributed by atoms with Gasteiger partial charge in [0.25, 0.3) is 0 Å². The molecule has 4 heteroatoms. The lowest BCUT2D eigenvalue weighted by Gasteiger charge is -2.07. The summed E-state index contributed by atoms with van der Waals surface area (Å²) in [6.07, 6.45) is -0.441. The Labute approximate surface area is 74.8 Å². The van der Waals surface area contributed by atoms with Crippen LogP contribution in [0.4, 0.5) is 4.39 Å². The fraction of sp³-hybridized carbons (Fsp3) is 0.222. The molecule has 13 heavy (non-hydrogen) atoms. The molecule has 0 aromatic heterocycles. The fourth-order valence-electron chi connectivity index (χ4n) is 1.01. The predicted molar refractivity (Wildman–Crippen MR) is 41.7 cm³/mol. The Kier molecular flexibility index (Phi) is 2.84. The third-order valence-corrected chi connectivity index (χ3v) is 1.60. The van der Waals surface area contributed by atoms with Gasteiger partial charge >= 0.3 is 0 Å². The molecule has 0 aliphatic heterocycles. The van der Waals surface area contributed by atoms with Crippen LogP contribution in [0.3, 0.4) is 0 Å². The van der Waals surface area contributed by atoms with Crippen molar-refractivity contribution in [1.29, 1.82) is 0 Å². The van der Waals surface area contributed by atoms with Crippen LogP contribution < -0.4 is 9.84 Å². The summed E-state index contributed by atoms with van der Waals surface area (Å²) in [5, 5.41) is 10.2. The maximum atomic E-state index is 13.2. The minimum Gasteiger partial charge on any atom is -0.550 e. The van der Waals surface area contributed by atoms with E-state index in [2.05, 4.69) is 4.74 Å². The number of aliphatic carboxylic acids is 1. The van der Waals surface area contributed by atoms with Crippen molar-refractivity contribution in [3.05, 3.63) is 29.6 Å². The molecular formula is C9H8FO3-. The van der Waals surface area contributed by atoms with Crippen molar-refractivity contribution in [3.63, 3.8) is 0 Å². The number of carboxylic acids is 1. The summed E-state index contributed by atoms with van der Waals surface area (Å²) in [6.45, 7) is 0. The van der Waals surface area contributed by atoms with Crippen LogP contribution >= 0.6 is 0 Å². The summed E-state index contributed by atoms with van der Waals surface area (Å²) in [5.41, 5.74) is 0.0688. The molecule has 0 bridgehead atoms. The molecule has 0 unspecified atom stereocenters. The summed E-state index contributed by atoms with van der Waals surface area (Å²) >= 11 is 0. The highest BCUT2D eigenvalue weighted by Gasteiger charge is 2.07. The molecule has 3 nitrogen and oxygen atoms in total. The van der Waals surface area contributed by atoms with Crippen LogP contribution in [0.25, 0.3) is 0 Å². The number of ether oxygens (including phenoxy) is 1. The van der Waals surface area contributed by atoms with Gasteiger partial charge in [-0.1, -0.05) is 12.1 Å². The highest BCUT2D eigenvalue weighted by molar-refractivity contribution is 5.68. The van der Waals surface area contributed by atoms with Crippen molar-refractivity contribution in [2.75, 3.05) is 7.11 Å². The van der Waals surface area contributed by atoms with Crippen LogP contribution in [0.2, 0.25) is 0 Å². The van der Waals surface area contributed by atoms with Crippen molar-refractivity contribution < 1.29 is 19.0 Å². The average Bonchev–Trinajstić information content (AvgIpc) is 2.08. The molecule has 0 fully saturated rings. The van der Waals surface area contributed by atoms with E-state index in [1.165, 1.54) is 25.3 Å². The number of carbonyl (C=O) groups is 1. The molecule has 1 rings (SSSR count). The molecule has 1 aromatic rings. The molecular weight excluding hydrogens is 175 g/mol. The molecule has 0 spiro atoms. The molecule has 0 amide bonds. The number of hydrogen-bond donors (Lipinski definition) is 0. The standard InChI is InChI=1S/C9H9FO3/c1-13-7-4-2-3-6(9(7)10)5-8(11)12/h2-4H,5H2,1H3,(H,11,12)/p-1. The third kappa shape index (κ3) is 2.18. The highest BCUT2D eigenvalue weighted by atomic mass is 19.1. The molecule has 0 atom stereocenters. The number of hydrogen-bond acceptors (Lipinski definition) is 3. The molecule has 0 radical (unpaired) electrons. The monoisotopic (exact) mass is 183 g/mol. The van der Waals surface area contributed by atoms with E-state index in [-0.39, 0.29) is 11.3 Å². The van der Waals surface area contributed by atoms with E-state index in [9.17, 15) is 14.3 Å². The minimum absolute atomic E-state index is 0.0405. The van der Waals surface area contributed by atoms with Crippen LogP contribution in [0.15, 0.2) is 18.2 Å². The summed E-state index contributed by atoms with van der Waals surface area (Å²) in [7, 11) is 1.32. The van der Waals surface area contributed by atoms with E-state index in [4.69, 9.17) is 0 Å². The van der Waals surface area contributed by atoms with E-state index >= 15 is 0 Å². The van der Waals surface area contributed by atoms with Crippen LogP contribution in [-0.2, 0) is 11.2 Å². The second kappa shape index (κ2) is 3.89. The van der Waals surface area contributed by atoms with Crippen LogP contribution in [0, 0.1) is 5.82 Å². The van der Waals surface area contributed by atoms with Gasteiger partial charge < -0.3 is 14.6 Å². The lowest BCUT2D eigenvalue weighted by atomic mass is 10.1. The van der Waals surface area contributed by atoms with Gasteiger partial charge in [-0.3, -0.25) is 0 Å². The molecule has 1 aromatic carbocycles. The van der Waals surface area contributed by atoms with Gasteiger partial charge in [-0.05, 0) is 11.6 Å². The number of halogens is 1. The first kappa shape index (κ1) is 9.51. The van der Waals surface area contributed by atoms with Crippen LogP contribution in [-0.4, -0.2) is 13.1 Å². The largest absolute Gasteiger partial charge is 0.550 e. The maximum Gasteiger partial charge on any atom is 0.168 e. The van der Waals surface area contributed by atoms with E-state index in [0.717, 1.165) is 0 Å². The Bertz CT molecular complexity index is 323. The molecule has 0 aliphatic rings. The lowest BCUT2D eigenvalue weighted by molar-refractivity contribution is -0.304. The molecule has 0 N–H and O–H groups in total. The smallest absolute Gasteiger partial charge is 0.168 e. The van der Waals surface area contributed by atoms with Crippen molar-refractivity contribution in [2.24, 2.45) is 0 Å². The van der Waals surface area contributed by atoms with E-state index < -0.39 is 18.2 Å². The minimum atomic E-state index is -1.31. The number of benzene rings is 1. The molecule has 0 saturated heterocycles. The topological polar surface area (TPSA) is 49.4 Å². The summed E-state index contributed by atoms with van der Waals surface area (Å²) in [6, 6.07) is 4.34. The zero-order chi connectivity index (χ0) is 9.84. The second-order valence-electron chi connectivity index (χ2n) is 2.48. The van der Waals surface area contributed by atoms with Gasteiger partial charge in [0.1, 0.15) is 0 Å². The first-order valence-electron chi connectivity index (χ1n) is 3.66. The Balaban J connectivity index is 3.01. The summed E-state index contributed by atoms with van der Waals surface area (Å²) in [4.78, 5) is 10.2. The number of carboxylic acid groups (broad SMARTS) is 1. The molecule has 0 heterocycles. The van der Waals surface area contributed by atoms with Crippen LogP contribution in [0.5, 0.6) is 5.75 Å². The zero-order valence-electron chi connectivity index (χ0n) is 7.04. The Morgan fingerprint density at radius 1 is 1.62 bits per heavy atom. The Morgan fingerprint density at radius 2 is 2.31 bits per heavy atom. The highest BCUT2D eigenvalue weighted by Crippen LogP contribution is 2.19. The Hall–Kier alpha value is -1.58. The molecule has 0 saturated carbocycles. The zero-order valence-corrected chi connectivity index (χ0v) is 7.04. The van der Waals surface area contributed by atoms with Crippen molar-refractivity contribution in [3.8, 4) is 5.75 Å². The predicted octanol–water partition coefficient (Wildman–Crippen LogP) is 0.127. The van der Waals surface area contributed by atoms with Crippen molar-refractivity contribution in [1.82, 2.24) is 0 Å². The van der Waals surface area contributed by atoms with Gasteiger partial charge in [-0.25, -0.2) is 4.39 Å². The van der Waals surface area contributed by atoms with Gasteiger partial charge in [0.15, 0.2) is 11.6 Å². The first-order valence-corrected chi connectivity index (χ1v) is 3.66. The van der Waals surface area contributed by atoms with Crippen LogP contribution in [0.1, 0.15) is 5.56 Å². The maximum absolute atomic E-state index is 13.2. The van der Waals surface area contributed by atoms with Crippen molar-refractivity contribution >= 4 is 5.97 Å². The lowest BCUT2D eigenvalue weighted by Crippen LogP contribution is -2.24. The molecule has 70 valence electrons. The van der Waals surface area contributed by atoms with E-state index in [1.807, 2.05) is 0 Å². The normalized spacial score (nSPS) is 9.69. The fourth-order valence-corrected chi connectivity index (χ4v) is 1.01. The number of carbonyl (C=O) groups excluding carboxylic acids is 1. The van der Waals surface area contributed by atoms with E-state index in [1.54, 1.807) is 0 Å². The van der Waals surface area contributed by atoms with Crippen molar-refractivity contribution in [2.45, 2.75) is 6.42 Å². The number of methoxy groups -OCH3 is 1. The SMILES string of the molecule is COc1cccc(CC(=O)[O-])c1F. The molecule has 0 aliphatic carbocycles. The average molecular weight is 183 g/mol.